The molecular formula is C9H21NO2. The highest BCUT2D eigenvalue weighted by molar-refractivity contribution is 4.65. The van der Waals surface area contributed by atoms with Crippen LogP contribution in [0.25, 0.3) is 0 Å². The maximum absolute atomic E-state index is 5.55. The fourth-order valence-corrected chi connectivity index (χ4v) is 0.852. The Bertz CT molecular complexity index is 98.5. The summed E-state index contributed by atoms with van der Waals surface area (Å²) in [6.45, 7) is 5.75. The van der Waals surface area contributed by atoms with E-state index in [1.54, 1.807) is 7.11 Å². The molecule has 0 amide bonds. The van der Waals surface area contributed by atoms with Crippen molar-refractivity contribution in [2.24, 2.45) is 0 Å². The molecule has 12 heavy (non-hydrogen) atoms. The van der Waals surface area contributed by atoms with Gasteiger partial charge < -0.3 is 14.8 Å². The van der Waals surface area contributed by atoms with Crippen LogP contribution in [0.3, 0.4) is 0 Å². The van der Waals surface area contributed by atoms with Crippen LogP contribution in [0.5, 0.6) is 0 Å². The molecule has 0 aromatic carbocycles. The minimum absolute atomic E-state index is 0.270. The third kappa shape index (κ3) is 5.52. The molecule has 2 atom stereocenters. The number of hydrogen-bond donors (Lipinski definition) is 1. The van der Waals surface area contributed by atoms with E-state index in [2.05, 4.69) is 19.2 Å². The summed E-state index contributed by atoms with van der Waals surface area (Å²) in [7, 11) is 3.65. The summed E-state index contributed by atoms with van der Waals surface area (Å²) in [6.07, 6.45) is 1.24. The number of ether oxygens (including phenoxy) is 2. The molecule has 0 aliphatic rings. The third-order valence-electron chi connectivity index (χ3n) is 2.03. The Labute approximate surface area is 75.4 Å². The molecule has 0 rings (SSSR count). The zero-order valence-electron chi connectivity index (χ0n) is 8.59. The number of methoxy groups -OCH3 is 1. The predicted octanol–water partition coefficient (Wildman–Crippen LogP) is 1.04. The first-order valence-electron chi connectivity index (χ1n) is 4.50. The van der Waals surface area contributed by atoms with E-state index in [0.717, 1.165) is 19.6 Å². The Balaban J connectivity index is 3.24. The Hall–Kier alpha value is -0.120. The minimum Gasteiger partial charge on any atom is -0.385 e. The molecule has 0 aliphatic carbocycles. The molecule has 3 nitrogen and oxygen atoms in total. The van der Waals surface area contributed by atoms with Crippen LogP contribution in [-0.2, 0) is 9.47 Å². The van der Waals surface area contributed by atoms with Gasteiger partial charge in [-0.05, 0) is 27.3 Å². The van der Waals surface area contributed by atoms with Gasteiger partial charge in [0, 0.05) is 26.4 Å². The second kappa shape index (κ2) is 7.53. The molecule has 1 N–H and O–H groups in total. The van der Waals surface area contributed by atoms with Crippen molar-refractivity contribution in [3.05, 3.63) is 0 Å². The van der Waals surface area contributed by atoms with Crippen molar-refractivity contribution in [1.82, 2.24) is 5.32 Å². The van der Waals surface area contributed by atoms with Crippen LogP contribution < -0.4 is 5.32 Å². The van der Waals surface area contributed by atoms with Gasteiger partial charge >= 0.3 is 0 Å². The van der Waals surface area contributed by atoms with Crippen LogP contribution in [0.15, 0.2) is 0 Å². The molecule has 0 saturated heterocycles. The van der Waals surface area contributed by atoms with E-state index >= 15 is 0 Å². The molecule has 0 aliphatic heterocycles. The summed E-state index contributed by atoms with van der Waals surface area (Å²) >= 11 is 0. The van der Waals surface area contributed by atoms with Crippen LogP contribution in [0.4, 0.5) is 0 Å². The minimum atomic E-state index is 0.270. The number of rotatable bonds is 7. The quantitative estimate of drug-likeness (QED) is 0.586. The summed E-state index contributed by atoms with van der Waals surface area (Å²) in [4.78, 5) is 0. The van der Waals surface area contributed by atoms with Crippen LogP contribution in [-0.4, -0.2) is 39.5 Å². The van der Waals surface area contributed by atoms with Gasteiger partial charge in [-0.25, -0.2) is 0 Å². The van der Waals surface area contributed by atoms with E-state index in [4.69, 9.17) is 9.47 Å². The van der Waals surface area contributed by atoms with Crippen molar-refractivity contribution in [1.29, 1.82) is 0 Å². The van der Waals surface area contributed by atoms with Crippen LogP contribution in [0.1, 0.15) is 20.3 Å². The maximum atomic E-state index is 5.55. The van der Waals surface area contributed by atoms with E-state index in [9.17, 15) is 0 Å². The fourth-order valence-electron chi connectivity index (χ4n) is 0.852. The SMILES string of the molecule is CNC(C)C(C)OCCCOC. The lowest BCUT2D eigenvalue weighted by Crippen LogP contribution is -2.34. The summed E-state index contributed by atoms with van der Waals surface area (Å²) in [5.41, 5.74) is 0. The molecule has 0 bridgehead atoms. The molecule has 0 spiro atoms. The van der Waals surface area contributed by atoms with E-state index < -0.39 is 0 Å². The van der Waals surface area contributed by atoms with Crippen molar-refractivity contribution in [3.63, 3.8) is 0 Å². The molecule has 0 saturated carbocycles. The topological polar surface area (TPSA) is 30.5 Å². The van der Waals surface area contributed by atoms with Crippen molar-refractivity contribution in [3.8, 4) is 0 Å². The molecular weight excluding hydrogens is 154 g/mol. The van der Waals surface area contributed by atoms with Gasteiger partial charge in [-0.1, -0.05) is 0 Å². The lowest BCUT2D eigenvalue weighted by Gasteiger charge is -2.19. The average Bonchev–Trinajstić information content (AvgIpc) is 2.10. The van der Waals surface area contributed by atoms with Gasteiger partial charge in [-0.15, -0.1) is 0 Å². The predicted molar refractivity (Wildman–Crippen MR) is 50.4 cm³/mol. The average molecular weight is 175 g/mol. The summed E-state index contributed by atoms with van der Waals surface area (Å²) < 4.78 is 10.5. The van der Waals surface area contributed by atoms with Gasteiger partial charge in [0.15, 0.2) is 0 Å². The molecule has 0 aromatic rings. The highest BCUT2D eigenvalue weighted by Crippen LogP contribution is 1.98. The van der Waals surface area contributed by atoms with E-state index in [-0.39, 0.29) is 6.10 Å². The molecule has 0 radical (unpaired) electrons. The smallest absolute Gasteiger partial charge is 0.0697 e. The van der Waals surface area contributed by atoms with Crippen LogP contribution in [0.2, 0.25) is 0 Å². The molecule has 0 aromatic heterocycles. The van der Waals surface area contributed by atoms with Crippen molar-refractivity contribution < 1.29 is 9.47 Å². The standard InChI is InChI=1S/C9H21NO2/c1-8(10-3)9(2)12-7-5-6-11-4/h8-10H,5-7H2,1-4H3. The van der Waals surface area contributed by atoms with Gasteiger partial charge in [-0.3, -0.25) is 0 Å². The molecule has 74 valence electrons. The number of likely N-dealkylation sites (N-methyl/N-ethyl adjacent to an activating group) is 1. The van der Waals surface area contributed by atoms with Gasteiger partial charge in [-0.2, -0.15) is 0 Å². The van der Waals surface area contributed by atoms with Gasteiger partial charge in [0.05, 0.1) is 6.10 Å². The Kier molecular flexibility index (Phi) is 7.45. The molecule has 0 heterocycles. The molecule has 3 heteroatoms. The third-order valence-corrected chi connectivity index (χ3v) is 2.03. The summed E-state index contributed by atoms with van der Waals surface area (Å²) in [6, 6.07) is 0.410. The maximum Gasteiger partial charge on any atom is 0.0697 e. The van der Waals surface area contributed by atoms with Crippen molar-refractivity contribution in [2.45, 2.75) is 32.4 Å². The van der Waals surface area contributed by atoms with E-state index in [0.29, 0.717) is 6.04 Å². The number of hydrogen-bond acceptors (Lipinski definition) is 3. The Morgan fingerprint density at radius 3 is 2.42 bits per heavy atom. The second-order valence-corrected chi connectivity index (χ2v) is 3.00. The van der Waals surface area contributed by atoms with Gasteiger partial charge in [0.2, 0.25) is 0 Å². The van der Waals surface area contributed by atoms with Gasteiger partial charge in [0.1, 0.15) is 0 Å². The zero-order valence-corrected chi connectivity index (χ0v) is 8.59. The first-order valence-corrected chi connectivity index (χ1v) is 4.50. The van der Waals surface area contributed by atoms with Crippen LogP contribution >= 0.6 is 0 Å². The highest BCUT2D eigenvalue weighted by atomic mass is 16.5. The monoisotopic (exact) mass is 175 g/mol. The Morgan fingerprint density at radius 2 is 1.92 bits per heavy atom. The fraction of sp³-hybridized carbons (Fsp3) is 1.00. The first-order chi connectivity index (χ1) is 5.72. The van der Waals surface area contributed by atoms with Crippen molar-refractivity contribution in [2.75, 3.05) is 27.4 Å². The van der Waals surface area contributed by atoms with E-state index in [1.807, 2.05) is 7.05 Å². The lowest BCUT2D eigenvalue weighted by molar-refractivity contribution is 0.0329. The number of nitrogens with one attached hydrogen (secondary N) is 1. The lowest BCUT2D eigenvalue weighted by atomic mass is 10.2. The zero-order chi connectivity index (χ0) is 9.40. The summed E-state index contributed by atoms with van der Waals surface area (Å²) in [5, 5.41) is 3.15. The highest BCUT2D eigenvalue weighted by Gasteiger charge is 2.08. The Morgan fingerprint density at radius 1 is 1.25 bits per heavy atom. The van der Waals surface area contributed by atoms with E-state index in [1.165, 1.54) is 0 Å². The second-order valence-electron chi connectivity index (χ2n) is 3.00. The summed E-state index contributed by atoms with van der Waals surface area (Å²) in [5.74, 6) is 0. The largest absolute Gasteiger partial charge is 0.385 e. The van der Waals surface area contributed by atoms with Gasteiger partial charge in [0.25, 0.3) is 0 Å². The molecule has 0 fully saturated rings. The molecule has 2 unspecified atom stereocenters. The first kappa shape index (κ1) is 11.9. The normalized spacial score (nSPS) is 16.0. The van der Waals surface area contributed by atoms with Crippen molar-refractivity contribution >= 4 is 0 Å². The van der Waals surface area contributed by atoms with Crippen LogP contribution in [0, 0.1) is 0 Å².